The van der Waals surface area contributed by atoms with Crippen LogP contribution in [0.25, 0.3) is 0 Å². The Labute approximate surface area is 182 Å². The largest absolute Gasteiger partial charge is 0.395 e. The molecule has 0 atom stereocenters. The van der Waals surface area contributed by atoms with Crippen LogP contribution in [0.1, 0.15) is 66.6 Å². The van der Waals surface area contributed by atoms with Crippen molar-refractivity contribution in [3.8, 4) is 0 Å². The summed E-state index contributed by atoms with van der Waals surface area (Å²) in [6.45, 7) is 8.48. The second-order valence-corrected chi connectivity index (χ2v) is 8.53. The summed E-state index contributed by atoms with van der Waals surface area (Å²) in [7, 11) is 0. The molecule has 1 amide bonds. The first kappa shape index (κ1) is 22.4. The Morgan fingerprint density at radius 1 is 1.19 bits per heavy atom. The van der Waals surface area contributed by atoms with Crippen LogP contribution in [0.5, 0.6) is 0 Å². The first-order chi connectivity index (χ1) is 14.7. The molecule has 0 unspecified atom stereocenters. The molecule has 2 aromatic rings. The van der Waals surface area contributed by atoms with E-state index in [1.807, 2.05) is 26.8 Å². The fourth-order valence-electron chi connectivity index (χ4n) is 3.15. The number of amides is 1. The fraction of sp³-hybridized carbons (Fsp3) is 0.435. The first-order valence-electron chi connectivity index (χ1n) is 10.3. The van der Waals surface area contributed by atoms with Gasteiger partial charge in [-0.25, -0.2) is 0 Å². The van der Waals surface area contributed by atoms with Crippen molar-refractivity contribution in [2.24, 2.45) is 21.5 Å². The summed E-state index contributed by atoms with van der Waals surface area (Å²) in [6.07, 6.45) is 4.45. The predicted octanol–water partition coefficient (Wildman–Crippen LogP) is 3.41. The average molecular weight is 424 g/mol. The molecule has 0 radical (unpaired) electrons. The number of pyridine rings is 2. The molecular formula is C23H29N5O3. The molecule has 164 valence electrons. The molecule has 1 aliphatic rings. The summed E-state index contributed by atoms with van der Waals surface area (Å²) in [5.41, 5.74) is 10.5. The van der Waals surface area contributed by atoms with Crippen molar-refractivity contribution in [2.45, 2.75) is 47.0 Å². The monoisotopic (exact) mass is 423 g/mol. The smallest absolute Gasteiger partial charge is 0.248 e. The molecule has 8 heteroatoms. The van der Waals surface area contributed by atoms with Gasteiger partial charge >= 0.3 is 0 Å². The molecule has 8 nitrogen and oxygen atoms in total. The fourth-order valence-corrected chi connectivity index (χ4v) is 3.15. The third-order valence-corrected chi connectivity index (χ3v) is 4.95. The molecule has 0 bridgehead atoms. The number of oxime groups is 2. The molecule has 0 fully saturated rings. The van der Waals surface area contributed by atoms with Gasteiger partial charge in [0.1, 0.15) is 24.6 Å². The Kier molecular flexibility index (Phi) is 6.99. The van der Waals surface area contributed by atoms with E-state index in [0.29, 0.717) is 30.2 Å². The molecule has 0 aliphatic heterocycles. The minimum Gasteiger partial charge on any atom is -0.395 e. The van der Waals surface area contributed by atoms with Crippen molar-refractivity contribution in [2.75, 3.05) is 13.2 Å². The van der Waals surface area contributed by atoms with Gasteiger partial charge in [0.05, 0.1) is 11.4 Å². The summed E-state index contributed by atoms with van der Waals surface area (Å²) < 4.78 is 0. The zero-order valence-electron chi connectivity index (χ0n) is 18.5. The standard InChI is InChI=1S/C23H29N5O3/c1-15-8-9-17-6-5-7-19(21(17)26-15)28-31-14-23(3,4)13-30-27-16(2)20-12-18(22(24)29)10-11-25-20/h8-12H,5-7,13-14H2,1-4H3,(H2,24,29). The number of aryl methyl sites for hydroxylation is 2. The maximum Gasteiger partial charge on any atom is 0.248 e. The molecule has 31 heavy (non-hydrogen) atoms. The molecule has 0 saturated carbocycles. The normalized spacial score (nSPS) is 15.5. The second-order valence-electron chi connectivity index (χ2n) is 8.53. The minimum absolute atomic E-state index is 0.312. The van der Waals surface area contributed by atoms with Crippen LogP contribution in [0, 0.1) is 12.3 Å². The molecule has 0 saturated heterocycles. The highest BCUT2D eigenvalue weighted by Gasteiger charge is 2.22. The van der Waals surface area contributed by atoms with Crippen molar-refractivity contribution in [1.82, 2.24) is 9.97 Å². The lowest BCUT2D eigenvalue weighted by atomic mass is 9.94. The van der Waals surface area contributed by atoms with E-state index in [9.17, 15) is 4.79 Å². The van der Waals surface area contributed by atoms with Gasteiger partial charge < -0.3 is 15.4 Å². The van der Waals surface area contributed by atoms with Crippen LogP contribution < -0.4 is 5.73 Å². The Balaban J connectivity index is 1.56. The van der Waals surface area contributed by atoms with Crippen molar-refractivity contribution < 1.29 is 14.5 Å². The van der Waals surface area contributed by atoms with Crippen molar-refractivity contribution in [1.29, 1.82) is 0 Å². The zero-order chi connectivity index (χ0) is 22.4. The van der Waals surface area contributed by atoms with Gasteiger partial charge in [0.25, 0.3) is 0 Å². The van der Waals surface area contributed by atoms with Gasteiger partial charge in [-0.1, -0.05) is 30.2 Å². The van der Waals surface area contributed by atoms with E-state index < -0.39 is 5.91 Å². The molecule has 2 heterocycles. The Morgan fingerprint density at radius 2 is 1.97 bits per heavy atom. The lowest BCUT2D eigenvalue weighted by Gasteiger charge is -2.22. The SMILES string of the molecule is CC(=NOCC(C)(C)CON=C1CCCc2ccc(C)nc21)c1cc(C(N)=O)ccn1. The van der Waals surface area contributed by atoms with Gasteiger partial charge in [-0.3, -0.25) is 14.8 Å². The van der Waals surface area contributed by atoms with Gasteiger partial charge in [0, 0.05) is 22.9 Å². The Hall–Kier alpha value is -3.29. The van der Waals surface area contributed by atoms with Crippen LogP contribution in [0.2, 0.25) is 0 Å². The molecular weight excluding hydrogens is 394 g/mol. The minimum atomic E-state index is -0.511. The van der Waals surface area contributed by atoms with Gasteiger partial charge in [-0.15, -0.1) is 0 Å². The van der Waals surface area contributed by atoms with Crippen LogP contribution in [-0.2, 0) is 16.1 Å². The summed E-state index contributed by atoms with van der Waals surface area (Å²) in [5, 5.41) is 8.49. The van der Waals surface area contributed by atoms with Gasteiger partial charge in [0.15, 0.2) is 0 Å². The van der Waals surface area contributed by atoms with Crippen LogP contribution in [0.4, 0.5) is 0 Å². The summed E-state index contributed by atoms with van der Waals surface area (Å²) >= 11 is 0. The highest BCUT2D eigenvalue weighted by atomic mass is 16.6. The van der Waals surface area contributed by atoms with E-state index in [2.05, 4.69) is 26.3 Å². The van der Waals surface area contributed by atoms with Crippen molar-refractivity contribution >= 4 is 17.3 Å². The van der Waals surface area contributed by atoms with E-state index >= 15 is 0 Å². The molecule has 2 aromatic heterocycles. The quantitative estimate of drug-likeness (QED) is 0.516. The van der Waals surface area contributed by atoms with Crippen LogP contribution >= 0.6 is 0 Å². The van der Waals surface area contributed by atoms with E-state index in [0.717, 1.165) is 36.4 Å². The third kappa shape index (κ3) is 6.10. The van der Waals surface area contributed by atoms with Crippen molar-refractivity contribution in [3.05, 3.63) is 58.7 Å². The number of carbonyl (C=O) groups excluding carboxylic acids is 1. The number of rotatable bonds is 8. The third-order valence-electron chi connectivity index (χ3n) is 4.95. The number of nitrogens with two attached hydrogens (primary N) is 1. The lowest BCUT2D eigenvalue weighted by Crippen LogP contribution is -2.24. The molecule has 1 aliphatic carbocycles. The Bertz CT molecular complexity index is 1010. The van der Waals surface area contributed by atoms with Gasteiger partial charge in [-0.2, -0.15) is 0 Å². The summed E-state index contributed by atoms with van der Waals surface area (Å²) in [6, 6.07) is 7.31. The maximum atomic E-state index is 11.3. The number of hydrogen-bond acceptors (Lipinski definition) is 7. The van der Waals surface area contributed by atoms with E-state index in [1.165, 1.54) is 11.8 Å². The maximum absolute atomic E-state index is 11.3. The number of aromatic nitrogens is 2. The Morgan fingerprint density at radius 3 is 2.74 bits per heavy atom. The first-order valence-corrected chi connectivity index (χ1v) is 10.3. The molecule has 0 aromatic carbocycles. The average Bonchev–Trinajstić information content (AvgIpc) is 2.73. The number of nitrogens with zero attached hydrogens (tertiary/aromatic N) is 4. The number of hydrogen-bond donors (Lipinski definition) is 1. The molecule has 2 N–H and O–H groups in total. The second kappa shape index (κ2) is 9.68. The number of carbonyl (C=O) groups is 1. The summed E-state index contributed by atoms with van der Waals surface area (Å²) in [4.78, 5) is 31.3. The molecule has 3 rings (SSSR count). The van der Waals surface area contributed by atoms with Gasteiger partial charge in [0.2, 0.25) is 5.91 Å². The van der Waals surface area contributed by atoms with Crippen molar-refractivity contribution in [3.63, 3.8) is 0 Å². The topological polar surface area (TPSA) is 112 Å². The summed E-state index contributed by atoms with van der Waals surface area (Å²) in [5.74, 6) is -0.511. The van der Waals surface area contributed by atoms with E-state index in [4.69, 9.17) is 15.4 Å². The lowest BCUT2D eigenvalue weighted by molar-refractivity contribution is -0.000158. The zero-order valence-corrected chi connectivity index (χ0v) is 18.5. The molecule has 0 spiro atoms. The predicted molar refractivity (Wildman–Crippen MR) is 119 cm³/mol. The highest BCUT2D eigenvalue weighted by Crippen LogP contribution is 2.22. The van der Waals surface area contributed by atoms with Gasteiger partial charge in [-0.05, 0) is 56.9 Å². The number of primary amides is 1. The highest BCUT2D eigenvalue weighted by molar-refractivity contribution is 6.01. The van der Waals surface area contributed by atoms with E-state index in [-0.39, 0.29) is 5.41 Å². The van der Waals surface area contributed by atoms with E-state index in [1.54, 1.807) is 19.1 Å². The van der Waals surface area contributed by atoms with Crippen LogP contribution in [0.15, 0.2) is 40.8 Å². The van der Waals surface area contributed by atoms with Crippen LogP contribution in [-0.4, -0.2) is 40.5 Å². The number of fused-ring (bicyclic) bond motifs is 1. The van der Waals surface area contributed by atoms with Crippen LogP contribution in [0.3, 0.4) is 0 Å².